The molecule has 1 N–H and O–H groups in total. The van der Waals surface area contributed by atoms with Crippen LogP contribution in [-0.2, 0) is 16.1 Å². The van der Waals surface area contributed by atoms with Crippen molar-refractivity contribution in [3.63, 3.8) is 0 Å². The van der Waals surface area contributed by atoms with Crippen molar-refractivity contribution in [2.24, 2.45) is 0 Å². The zero-order valence-electron chi connectivity index (χ0n) is 10.4. The minimum Gasteiger partial charge on any atom is -0.384 e. The summed E-state index contributed by atoms with van der Waals surface area (Å²) >= 11 is 0. The number of carbonyl (C=O) groups excluding carboxylic acids is 1. The van der Waals surface area contributed by atoms with E-state index in [0.29, 0.717) is 19.7 Å². The second-order valence-electron chi connectivity index (χ2n) is 4.14. The molecule has 19 heavy (non-hydrogen) atoms. The Hall–Kier alpha value is -1.90. The number of hydrogen-bond donors (Lipinski definition) is 1. The normalized spacial score (nSPS) is 15.1. The predicted molar refractivity (Wildman–Crippen MR) is 66.6 cm³/mol. The van der Waals surface area contributed by atoms with Crippen LogP contribution in [0.5, 0.6) is 0 Å². The van der Waals surface area contributed by atoms with Crippen molar-refractivity contribution in [1.82, 2.24) is 4.90 Å². The van der Waals surface area contributed by atoms with Crippen LogP contribution in [0.2, 0.25) is 0 Å². The minimum absolute atomic E-state index is 0.0708. The lowest BCUT2D eigenvalue weighted by Gasteiger charge is -2.26. The van der Waals surface area contributed by atoms with Crippen molar-refractivity contribution < 1.29 is 19.0 Å². The third kappa shape index (κ3) is 3.53. The van der Waals surface area contributed by atoms with E-state index in [1.807, 2.05) is 0 Å². The third-order valence-electron chi connectivity index (χ3n) is 2.79. The summed E-state index contributed by atoms with van der Waals surface area (Å²) in [5.41, 5.74) is 1.03. The number of morpholine rings is 1. The summed E-state index contributed by atoms with van der Waals surface area (Å²) in [5.74, 6) is 4.46. The van der Waals surface area contributed by atoms with E-state index in [4.69, 9.17) is 9.84 Å². The zero-order valence-corrected chi connectivity index (χ0v) is 10.4. The molecule has 1 saturated heterocycles. The van der Waals surface area contributed by atoms with Gasteiger partial charge in [0.05, 0.1) is 12.2 Å². The van der Waals surface area contributed by atoms with Crippen molar-refractivity contribution >= 4 is 5.91 Å². The van der Waals surface area contributed by atoms with E-state index < -0.39 is 5.82 Å². The molecule has 0 saturated carbocycles. The number of hydrogen-bond acceptors (Lipinski definition) is 3. The number of ether oxygens (including phenoxy) is 1. The highest BCUT2D eigenvalue weighted by molar-refractivity contribution is 5.78. The molecule has 1 aliphatic heterocycles. The zero-order chi connectivity index (χ0) is 13.7. The van der Waals surface area contributed by atoms with Crippen LogP contribution in [0.15, 0.2) is 18.2 Å². The van der Waals surface area contributed by atoms with Crippen LogP contribution in [0.1, 0.15) is 11.1 Å². The molecular weight excluding hydrogens is 249 g/mol. The highest BCUT2D eigenvalue weighted by Crippen LogP contribution is 2.13. The van der Waals surface area contributed by atoms with Crippen molar-refractivity contribution in [2.45, 2.75) is 6.54 Å². The number of nitrogens with zero attached hydrogens (tertiary/aromatic N) is 1. The monoisotopic (exact) mass is 263 g/mol. The van der Waals surface area contributed by atoms with Crippen LogP contribution < -0.4 is 0 Å². The van der Waals surface area contributed by atoms with Gasteiger partial charge in [-0.25, -0.2) is 4.39 Å². The van der Waals surface area contributed by atoms with Gasteiger partial charge in [-0.1, -0.05) is 17.9 Å². The van der Waals surface area contributed by atoms with Crippen molar-refractivity contribution in [1.29, 1.82) is 0 Å². The van der Waals surface area contributed by atoms with Gasteiger partial charge in [-0.05, 0) is 17.7 Å². The largest absolute Gasteiger partial charge is 0.384 e. The molecule has 1 heterocycles. The Balaban J connectivity index is 2.14. The highest BCUT2D eigenvalue weighted by Gasteiger charge is 2.18. The van der Waals surface area contributed by atoms with E-state index in [2.05, 4.69) is 11.8 Å². The first-order chi connectivity index (χ1) is 9.20. The molecule has 1 aromatic rings. The molecule has 1 amide bonds. The number of aliphatic hydroxyl groups is 1. The Labute approximate surface area is 110 Å². The van der Waals surface area contributed by atoms with Crippen molar-refractivity contribution in [3.05, 3.63) is 35.1 Å². The van der Waals surface area contributed by atoms with E-state index in [9.17, 15) is 9.18 Å². The van der Waals surface area contributed by atoms with Crippen LogP contribution in [-0.4, -0.2) is 42.3 Å². The maximum absolute atomic E-state index is 13.5. The molecule has 0 aromatic heterocycles. The first-order valence-corrected chi connectivity index (χ1v) is 5.94. The Morgan fingerprint density at radius 3 is 3.05 bits per heavy atom. The maximum Gasteiger partial charge on any atom is 0.248 e. The number of halogens is 1. The predicted octanol–water partition coefficient (Wildman–Crippen LogP) is 0.528. The van der Waals surface area contributed by atoms with Gasteiger partial charge in [0.1, 0.15) is 19.0 Å². The van der Waals surface area contributed by atoms with Gasteiger partial charge in [0.2, 0.25) is 5.91 Å². The molecule has 5 heteroatoms. The Morgan fingerprint density at radius 1 is 1.47 bits per heavy atom. The van der Waals surface area contributed by atoms with E-state index >= 15 is 0 Å². The molecule has 100 valence electrons. The number of amides is 1. The van der Waals surface area contributed by atoms with E-state index in [1.165, 1.54) is 6.07 Å². The minimum atomic E-state index is -0.432. The molecule has 0 bridgehead atoms. The van der Waals surface area contributed by atoms with Crippen LogP contribution in [0.4, 0.5) is 4.39 Å². The molecule has 4 nitrogen and oxygen atoms in total. The molecule has 2 rings (SSSR count). The van der Waals surface area contributed by atoms with E-state index in [0.717, 1.165) is 5.56 Å². The van der Waals surface area contributed by atoms with E-state index in [1.54, 1.807) is 17.0 Å². The second-order valence-corrected chi connectivity index (χ2v) is 4.14. The van der Waals surface area contributed by atoms with Gasteiger partial charge in [0, 0.05) is 13.1 Å². The topological polar surface area (TPSA) is 49.8 Å². The van der Waals surface area contributed by atoms with Gasteiger partial charge in [0.25, 0.3) is 0 Å². The molecule has 1 aliphatic rings. The molecule has 0 spiro atoms. The standard InChI is InChI=1S/C14H14FNO3/c15-13-4-3-11(8-12(13)2-1-6-17)9-16-5-7-19-10-14(16)18/h3-4,8,17H,5-7,9-10H2. The molecule has 1 fully saturated rings. The smallest absolute Gasteiger partial charge is 0.248 e. The summed E-state index contributed by atoms with van der Waals surface area (Å²) in [6, 6.07) is 4.55. The van der Waals surface area contributed by atoms with E-state index in [-0.39, 0.29) is 24.7 Å². The lowest BCUT2D eigenvalue weighted by molar-refractivity contribution is -0.143. The maximum atomic E-state index is 13.5. The fraction of sp³-hybridized carbons (Fsp3) is 0.357. The summed E-state index contributed by atoms with van der Waals surface area (Å²) in [6.07, 6.45) is 0. The molecule has 0 atom stereocenters. The molecule has 0 aliphatic carbocycles. The average molecular weight is 263 g/mol. The van der Waals surface area contributed by atoms with Crippen molar-refractivity contribution in [2.75, 3.05) is 26.4 Å². The average Bonchev–Trinajstić information content (AvgIpc) is 2.42. The second kappa shape index (κ2) is 6.32. The number of carbonyl (C=O) groups is 1. The van der Waals surface area contributed by atoms with Gasteiger partial charge < -0.3 is 14.7 Å². The van der Waals surface area contributed by atoms with Crippen LogP contribution >= 0.6 is 0 Å². The highest BCUT2D eigenvalue weighted by atomic mass is 19.1. The molecule has 1 aromatic carbocycles. The first-order valence-electron chi connectivity index (χ1n) is 5.94. The Morgan fingerprint density at radius 2 is 2.32 bits per heavy atom. The molecule has 0 radical (unpaired) electrons. The van der Waals surface area contributed by atoms with Gasteiger partial charge in [0.15, 0.2) is 0 Å². The Bertz CT molecular complexity index is 533. The van der Waals surface area contributed by atoms with Crippen LogP contribution in [0.3, 0.4) is 0 Å². The number of rotatable bonds is 2. The summed E-state index contributed by atoms with van der Waals surface area (Å²) in [7, 11) is 0. The summed E-state index contributed by atoms with van der Waals surface area (Å²) in [6.45, 7) is 1.25. The first kappa shape index (κ1) is 13.5. The van der Waals surface area contributed by atoms with Gasteiger partial charge in [-0.3, -0.25) is 4.79 Å². The third-order valence-corrected chi connectivity index (χ3v) is 2.79. The molecular formula is C14H14FNO3. The molecule has 0 unspecified atom stereocenters. The SMILES string of the molecule is O=C1COCCN1Cc1ccc(F)c(C#CCO)c1. The fourth-order valence-corrected chi connectivity index (χ4v) is 1.84. The summed E-state index contributed by atoms with van der Waals surface area (Å²) in [5, 5.41) is 8.62. The van der Waals surface area contributed by atoms with Gasteiger partial charge in [-0.15, -0.1) is 0 Å². The number of benzene rings is 1. The summed E-state index contributed by atoms with van der Waals surface area (Å²) in [4.78, 5) is 13.3. The number of aliphatic hydroxyl groups excluding tert-OH is 1. The lowest BCUT2D eigenvalue weighted by atomic mass is 10.1. The lowest BCUT2D eigenvalue weighted by Crippen LogP contribution is -2.40. The Kier molecular flexibility index (Phi) is 4.50. The van der Waals surface area contributed by atoms with Gasteiger partial charge >= 0.3 is 0 Å². The quantitative estimate of drug-likeness (QED) is 0.792. The van der Waals surface area contributed by atoms with Crippen LogP contribution in [0.25, 0.3) is 0 Å². The van der Waals surface area contributed by atoms with Gasteiger partial charge in [-0.2, -0.15) is 0 Å². The fourth-order valence-electron chi connectivity index (χ4n) is 1.84. The van der Waals surface area contributed by atoms with Crippen molar-refractivity contribution in [3.8, 4) is 11.8 Å². The van der Waals surface area contributed by atoms with Crippen LogP contribution in [0, 0.1) is 17.7 Å². The summed E-state index contributed by atoms with van der Waals surface area (Å²) < 4.78 is 18.5.